The van der Waals surface area contributed by atoms with Crippen molar-refractivity contribution >= 4 is 5.78 Å². The van der Waals surface area contributed by atoms with Crippen molar-refractivity contribution in [2.45, 2.75) is 64.4 Å². The van der Waals surface area contributed by atoms with Gasteiger partial charge in [0.15, 0.2) is 0 Å². The van der Waals surface area contributed by atoms with Crippen molar-refractivity contribution in [2.75, 3.05) is 20.3 Å². The van der Waals surface area contributed by atoms with Gasteiger partial charge in [0.1, 0.15) is 5.78 Å². The van der Waals surface area contributed by atoms with Gasteiger partial charge < -0.3 is 9.47 Å². The Bertz CT molecular complexity index is 242. The summed E-state index contributed by atoms with van der Waals surface area (Å²) in [4.78, 5) is 11.8. The summed E-state index contributed by atoms with van der Waals surface area (Å²) >= 11 is 0. The molecule has 1 aliphatic heterocycles. The summed E-state index contributed by atoms with van der Waals surface area (Å²) < 4.78 is 10.6. The van der Waals surface area contributed by atoms with Crippen LogP contribution in [-0.2, 0) is 14.3 Å². The third-order valence-electron chi connectivity index (χ3n) is 3.83. The molecule has 0 atom stereocenters. The zero-order chi connectivity index (χ0) is 13.4. The lowest BCUT2D eigenvalue weighted by Crippen LogP contribution is -2.26. The Labute approximate surface area is 111 Å². The number of rotatable bonds is 8. The molecule has 0 unspecified atom stereocenters. The molecule has 1 rings (SSSR count). The molecular weight excluding hydrogens is 228 g/mol. The lowest BCUT2D eigenvalue weighted by molar-refractivity contribution is -0.124. The molecule has 0 bridgehead atoms. The smallest absolute Gasteiger partial charge is 0.135 e. The van der Waals surface area contributed by atoms with E-state index < -0.39 is 0 Å². The molecule has 106 valence electrons. The van der Waals surface area contributed by atoms with Crippen LogP contribution in [0, 0.1) is 5.92 Å². The van der Waals surface area contributed by atoms with Crippen molar-refractivity contribution < 1.29 is 14.3 Å². The Hall–Kier alpha value is -0.410. The number of Topliss-reactive ketones (excluding diaryl/α,β-unsaturated/α-hetero) is 1. The van der Waals surface area contributed by atoms with Gasteiger partial charge in [-0.25, -0.2) is 0 Å². The first-order valence-electron chi connectivity index (χ1n) is 7.18. The van der Waals surface area contributed by atoms with Crippen LogP contribution in [0.4, 0.5) is 0 Å². The minimum Gasteiger partial charge on any atom is -0.381 e. The van der Waals surface area contributed by atoms with E-state index in [0.717, 1.165) is 25.6 Å². The summed E-state index contributed by atoms with van der Waals surface area (Å²) in [6.45, 7) is 5.77. The maximum atomic E-state index is 11.8. The number of unbranched alkanes of at least 4 members (excludes halogenated alkanes) is 1. The van der Waals surface area contributed by atoms with Crippen LogP contribution in [0.15, 0.2) is 0 Å². The summed E-state index contributed by atoms with van der Waals surface area (Å²) in [5.41, 5.74) is -0.308. The van der Waals surface area contributed by atoms with Crippen molar-refractivity contribution in [3.63, 3.8) is 0 Å². The van der Waals surface area contributed by atoms with Crippen molar-refractivity contribution in [3.8, 4) is 0 Å². The summed E-state index contributed by atoms with van der Waals surface area (Å²) in [6, 6.07) is 0. The maximum Gasteiger partial charge on any atom is 0.135 e. The van der Waals surface area contributed by atoms with E-state index in [1.165, 1.54) is 25.7 Å². The van der Waals surface area contributed by atoms with Gasteiger partial charge in [0, 0.05) is 33.2 Å². The van der Waals surface area contributed by atoms with Crippen LogP contribution < -0.4 is 0 Å². The van der Waals surface area contributed by atoms with Gasteiger partial charge in [0.25, 0.3) is 0 Å². The number of ketones is 1. The van der Waals surface area contributed by atoms with E-state index in [9.17, 15) is 4.79 Å². The zero-order valence-corrected chi connectivity index (χ0v) is 12.2. The SMILES string of the molecule is COC(C)(C)CC(=O)CCCCC1CCOCC1. The third-order valence-corrected chi connectivity index (χ3v) is 3.83. The Kier molecular flexibility index (Phi) is 6.87. The van der Waals surface area contributed by atoms with Gasteiger partial charge in [-0.1, -0.05) is 12.8 Å². The molecule has 1 fully saturated rings. The first-order valence-corrected chi connectivity index (χ1v) is 7.18. The quantitative estimate of drug-likeness (QED) is 0.625. The Morgan fingerprint density at radius 2 is 1.94 bits per heavy atom. The van der Waals surface area contributed by atoms with Crippen LogP contribution in [0.5, 0.6) is 0 Å². The molecule has 18 heavy (non-hydrogen) atoms. The number of hydrogen-bond donors (Lipinski definition) is 0. The molecule has 0 aliphatic carbocycles. The van der Waals surface area contributed by atoms with Crippen LogP contribution in [0.2, 0.25) is 0 Å². The number of methoxy groups -OCH3 is 1. The van der Waals surface area contributed by atoms with E-state index >= 15 is 0 Å². The van der Waals surface area contributed by atoms with E-state index in [0.29, 0.717) is 18.6 Å². The monoisotopic (exact) mass is 256 g/mol. The largest absolute Gasteiger partial charge is 0.381 e. The topological polar surface area (TPSA) is 35.5 Å². The second kappa shape index (κ2) is 7.90. The standard InChI is InChI=1S/C15H28O3/c1-15(2,17-3)12-14(16)7-5-4-6-13-8-10-18-11-9-13/h13H,4-12H2,1-3H3. The molecule has 0 aromatic rings. The molecule has 0 aromatic carbocycles. The lowest BCUT2D eigenvalue weighted by atomic mass is 9.92. The number of carbonyl (C=O) groups is 1. The highest BCUT2D eigenvalue weighted by Gasteiger charge is 2.20. The second-order valence-electron chi connectivity index (χ2n) is 5.98. The van der Waals surface area contributed by atoms with Crippen molar-refractivity contribution in [1.29, 1.82) is 0 Å². The molecule has 1 heterocycles. The maximum absolute atomic E-state index is 11.8. The molecule has 0 spiro atoms. The van der Waals surface area contributed by atoms with Crippen LogP contribution >= 0.6 is 0 Å². The first kappa shape index (κ1) is 15.6. The van der Waals surface area contributed by atoms with Gasteiger partial charge in [-0.2, -0.15) is 0 Å². The Morgan fingerprint density at radius 1 is 1.28 bits per heavy atom. The fourth-order valence-electron chi connectivity index (χ4n) is 2.43. The van der Waals surface area contributed by atoms with Crippen LogP contribution in [0.1, 0.15) is 58.8 Å². The fourth-order valence-corrected chi connectivity index (χ4v) is 2.43. The molecule has 1 saturated heterocycles. The van der Waals surface area contributed by atoms with Gasteiger partial charge in [-0.3, -0.25) is 4.79 Å². The average Bonchev–Trinajstić information content (AvgIpc) is 2.35. The van der Waals surface area contributed by atoms with Gasteiger partial charge in [0.2, 0.25) is 0 Å². The Morgan fingerprint density at radius 3 is 2.56 bits per heavy atom. The molecule has 0 amide bonds. The normalized spacial score (nSPS) is 17.9. The van der Waals surface area contributed by atoms with Gasteiger partial charge >= 0.3 is 0 Å². The van der Waals surface area contributed by atoms with E-state index in [1.807, 2.05) is 13.8 Å². The average molecular weight is 256 g/mol. The molecule has 0 aromatic heterocycles. The summed E-state index contributed by atoms with van der Waals surface area (Å²) in [5, 5.41) is 0. The van der Waals surface area contributed by atoms with Gasteiger partial charge in [0.05, 0.1) is 5.60 Å². The number of hydrogen-bond acceptors (Lipinski definition) is 3. The molecule has 0 radical (unpaired) electrons. The Balaban J connectivity index is 2.04. The zero-order valence-electron chi connectivity index (χ0n) is 12.2. The van der Waals surface area contributed by atoms with E-state index in [-0.39, 0.29) is 5.60 Å². The minimum atomic E-state index is -0.308. The van der Waals surface area contributed by atoms with Gasteiger partial charge in [-0.05, 0) is 39.0 Å². The highest BCUT2D eigenvalue weighted by molar-refractivity contribution is 5.79. The van der Waals surface area contributed by atoms with Crippen molar-refractivity contribution in [2.24, 2.45) is 5.92 Å². The molecule has 1 aliphatic rings. The molecular formula is C15H28O3. The number of carbonyl (C=O) groups excluding carboxylic acids is 1. The summed E-state index contributed by atoms with van der Waals surface area (Å²) in [5.74, 6) is 1.15. The lowest BCUT2D eigenvalue weighted by Gasteiger charge is -2.22. The molecule has 0 saturated carbocycles. The molecule has 3 heteroatoms. The second-order valence-corrected chi connectivity index (χ2v) is 5.98. The van der Waals surface area contributed by atoms with Crippen LogP contribution in [0.3, 0.4) is 0 Å². The molecule has 3 nitrogen and oxygen atoms in total. The summed E-state index contributed by atoms with van der Waals surface area (Å²) in [6.07, 6.45) is 7.08. The van der Waals surface area contributed by atoms with E-state index in [1.54, 1.807) is 7.11 Å². The number of ether oxygens (including phenoxy) is 2. The van der Waals surface area contributed by atoms with Crippen molar-refractivity contribution in [1.82, 2.24) is 0 Å². The minimum absolute atomic E-state index is 0.308. The highest BCUT2D eigenvalue weighted by Crippen LogP contribution is 2.22. The van der Waals surface area contributed by atoms with Gasteiger partial charge in [-0.15, -0.1) is 0 Å². The molecule has 0 N–H and O–H groups in total. The predicted octanol–water partition coefficient (Wildman–Crippen LogP) is 3.36. The van der Waals surface area contributed by atoms with E-state index in [4.69, 9.17) is 9.47 Å². The third kappa shape index (κ3) is 6.50. The van der Waals surface area contributed by atoms with Crippen LogP contribution in [-0.4, -0.2) is 31.7 Å². The van der Waals surface area contributed by atoms with Crippen molar-refractivity contribution in [3.05, 3.63) is 0 Å². The fraction of sp³-hybridized carbons (Fsp3) is 0.933. The highest BCUT2D eigenvalue weighted by atomic mass is 16.5. The van der Waals surface area contributed by atoms with Crippen LogP contribution in [0.25, 0.3) is 0 Å². The predicted molar refractivity (Wildman–Crippen MR) is 72.7 cm³/mol. The van der Waals surface area contributed by atoms with E-state index in [2.05, 4.69) is 0 Å². The summed E-state index contributed by atoms with van der Waals surface area (Å²) in [7, 11) is 1.67. The first-order chi connectivity index (χ1) is 8.53.